The fourth-order valence-electron chi connectivity index (χ4n) is 2.44. The van der Waals surface area contributed by atoms with Gasteiger partial charge in [0.25, 0.3) is 5.91 Å². The van der Waals surface area contributed by atoms with Crippen molar-refractivity contribution in [2.75, 3.05) is 12.4 Å². The molecule has 0 aliphatic heterocycles. The molecule has 3 rings (SSSR count). The standard InChI is InChI=1S/C19H17BrClN5O2/c1-28-16-4-3-12(7-14(16)21)9-24-15-8-13(20)10-25-18(15)19(27)26-11-17-22-5-2-6-23-17/h2-8,10,24H,9,11H2,1H3,(H,26,27). The molecule has 2 N–H and O–H groups in total. The van der Waals surface area contributed by atoms with Crippen LogP contribution in [0.25, 0.3) is 0 Å². The van der Waals surface area contributed by atoms with Crippen molar-refractivity contribution in [1.29, 1.82) is 0 Å². The highest BCUT2D eigenvalue weighted by atomic mass is 79.9. The number of halogens is 2. The molecule has 0 spiro atoms. The number of ether oxygens (including phenoxy) is 1. The number of amides is 1. The number of pyridine rings is 1. The lowest BCUT2D eigenvalue weighted by Crippen LogP contribution is -2.26. The van der Waals surface area contributed by atoms with Crippen LogP contribution in [0.2, 0.25) is 5.02 Å². The lowest BCUT2D eigenvalue weighted by atomic mass is 10.2. The van der Waals surface area contributed by atoms with Gasteiger partial charge in [-0.05, 0) is 45.8 Å². The predicted octanol–water partition coefficient (Wildman–Crippen LogP) is 3.84. The summed E-state index contributed by atoms with van der Waals surface area (Å²) in [5.74, 6) is 0.809. The number of aromatic nitrogens is 3. The van der Waals surface area contributed by atoms with Crippen LogP contribution >= 0.6 is 27.5 Å². The third kappa shape index (κ3) is 5.17. The van der Waals surface area contributed by atoms with Crippen LogP contribution in [0.1, 0.15) is 21.9 Å². The molecule has 0 atom stereocenters. The van der Waals surface area contributed by atoms with Gasteiger partial charge in [-0.1, -0.05) is 17.7 Å². The number of nitrogens with zero attached hydrogens (tertiary/aromatic N) is 3. The van der Waals surface area contributed by atoms with Crippen molar-refractivity contribution in [2.45, 2.75) is 13.1 Å². The molecule has 7 nitrogen and oxygen atoms in total. The van der Waals surface area contributed by atoms with E-state index >= 15 is 0 Å². The van der Waals surface area contributed by atoms with Gasteiger partial charge in [0.2, 0.25) is 0 Å². The molecule has 3 aromatic rings. The number of anilines is 1. The third-order valence-electron chi connectivity index (χ3n) is 3.79. The van der Waals surface area contributed by atoms with Crippen molar-refractivity contribution in [1.82, 2.24) is 20.3 Å². The number of benzene rings is 1. The lowest BCUT2D eigenvalue weighted by Gasteiger charge is -2.13. The molecular weight excluding hydrogens is 446 g/mol. The second-order valence-electron chi connectivity index (χ2n) is 5.72. The summed E-state index contributed by atoms with van der Waals surface area (Å²) in [5, 5.41) is 6.53. The molecule has 1 aromatic carbocycles. The molecule has 0 bridgehead atoms. The van der Waals surface area contributed by atoms with Gasteiger partial charge in [0.05, 0.1) is 24.4 Å². The van der Waals surface area contributed by atoms with Crippen LogP contribution in [0, 0.1) is 0 Å². The second kappa shape index (κ2) is 9.48. The first-order valence-electron chi connectivity index (χ1n) is 8.32. The summed E-state index contributed by atoms with van der Waals surface area (Å²) >= 11 is 9.56. The Morgan fingerprint density at radius 2 is 1.96 bits per heavy atom. The van der Waals surface area contributed by atoms with E-state index in [-0.39, 0.29) is 18.1 Å². The highest BCUT2D eigenvalue weighted by Gasteiger charge is 2.14. The molecular formula is C19H17BrClN5O2. The van der Waals surface area contributed by atoms with Gasteiger partial charge in [0, 0.05) is 29.6 Å². The molecule has 0 unspecified atom stereocenters. The van der Waals surface area contributed by atoms with E-state index in [1.165, 1.54) is 0 Å². The number of hydrogen-bond acceptors (Lipinski definition) is 6. The minimum atomic E-state index is -0.324. The highest BCUT2D eigenvalue weighted by molar-refractivity contribution is 9.10. The van der Waals surface area contributed by atoms with Gasteiger partial charge in [-0.25, -0.2) is 15.0 Å². The zero-order valence-corrected chi connectivity index (χ0v) is 17.3. The topological polar surface area (TPSA) is 89.0 Å². The van der Waals surface area contributed by atoms with E-state index in [0.717, 1.165) is 10.0 Å². The van der Waals surface area contributed by atoms with Crippen molar-refractivity contribution < 1.29 is 9.53 Å². The smallest absolute Gasteiger partial charge is 0.272 e. The quantitative estimate of drug-likeness (QED) is 0.555. The van der Waals surface area contributed by atoms with Crippen molar-refractivity contribution in [3.8, 4) is 5.75 Å². The van der Waals surface area contributed by atoms with Crippen LogP contribution in [-0.4, -0.2) is 28.0 Å². The lowest BCUT2D eigenvalue weighted by molar-refractivity contribution is 0.0945. The Labute approximate surface area is 175 Å². The van der Waals surface area contributed by atoms with Crippen molar-refractivity contribution in [2.24, 2.45) is 0 Å². The van der Waals surface area contributed by atoms with Crippen molar-refractivity contribution in [3.63, 3.8) is 0 Å². The summed E-state index contributed by atoms with van der Waals surface area (Å²) < 4.78 is 5.92. The largest absolute Gasteiger partial charge is 0.495 e. The van der Waals surface area contributed by atoms with E-state index in [1.54, 1.807) is 43.9 Å². The predicted molar refractivity (Wildman–Crippen MR) is 110 cm³/mol. The summed E-state index contributed by atoms with van der Waals surface area (Å²) in [4.78, 5) is 25.0. The minimum Gasteiger partial charge on any atom is -0.495 e. The fourth-order valence-corrected chi connectivity index (χ4v) is 3.05. The average Bonchev–Trinajstić information content (AvgIpc) is 2.71. The van der Waals surface area contributed by atoms with E-state index in [4.69, 9.17) is 16.3 Å². The van der Waals surface area contributed by atoms with Crippen molar-refractivity contribution >= 4 is 39.1 Å². The summed E-state index contributed by atoms with van der Waals surface area (Å²) in [5.41, 5.74) is 1.81. The SMILES string of the molecule is COc1ccc(CNc2cc(Br)cnc2C(=O)NCc2ncccn2)cc1Cl. The maximum atomic E-state index is 12.6. The Morgan fingerprint density at radius 3 is 2.68 bits per heavy atom. The van der Waals surface area contributed by atoms with Gasteiger partial charge in [-0.3, -0.25) is 4.79 Å². The maximum absolute atomic E-state index is 12.6. The third-order valence-corrected chi connectivity index (χ3v) is 4.52. The number of methoxy groups -OCH3 is 1. The summed E-state index contributed by atoms with van der Waals surface area (Å²) in [6, 6.07) is 9.02. The normalized spacial score (nSPS) is 10.4. The highest BCUT2D eigenvalue weighted by Crippen LogP contribution is 2.26. The molecule has 28 heavy (non-hydrogen) atoms. The summed E-state index contributed by atoms with van der Waals surface area (Å²) in [7, 11) is 1.57. The van der Waals surface area contributed by atoms with Crippen LogP contribution in [-0.2, 0) is 13.1 Å². The van der Waals surface area contributed by atoms with E-state index in [0.29, 0.717) is 28.8 Å². The zero-order valence-electron chi connectivity index (χ0n) is 14.9. The van der Waals surface area contributed by atoms with Gasteiger partial charge in [-0.15, -0.1) is 0 Å². The molecule has 2 heterocycles. The molecule has 0 aliphatic carbocycles. The summed E-state index contributed by atoms with van der Waals surface area (Å²) in [6.45, 7) is 0.675. The monoisotopic (exact) mass is 461 g/mol. The van der Waals surface area contributed by atoms with Crippen LogP contribution in [0.5, 0.6) is 5.75 Å². The Bertz CT molecular complexity index is 972. The molecule has 144 valence electrons. The number of rotatable bonds is 7. The number of nitrogens with one attached hydrogen (secondary N) is 2. The molecule has 2 aromatic heterocycles. The molecule has 0 fully saturated rings. The van der Waals surface area contributed by atoms with Crippen LogP contribution in [0.15, 0.2) is 53.4 Å². The number of hydrogen-bond donors (Lipinski definition) is 2. The molecule has 9 heteroatoms. The van der Waals surface area contributed by atoms with Gasteiger partial charge in [-0.2, -0.15) is 0 Å². The van der Waals surface area contributed by atoms with Gasteiger partial charge in [0.1, 0.15) is 11.6 Å². The molecule has 1 amide bonds. The molecule has 0 radical (unpaired) electrons. The Kier molecular flexibility index (Phi) is 6.78. The van der Waals surface area contributed by atoms with E-state index in [9.17, 15) is 4.79 Å². The van der Waals surface area contributed by atoms with E-state index in [2.05, 4.69) is 41.5 Å². The first kappa shape index (κ1) is 20.0. The first-order chi connectivity index (χ1) is 13.6. The van der Waals surface area contributed by atoms with Crippen LogP contribution in [0.4, 0.5) is 5.69 Å². The minimum absolute atomic E-state index is 0.213. The Morgan fingerprint density at radius 1 is 1.18 bits per heavy atom. The first-order valence-corrected chi connectivity index (χ1v) is 9.50. The van der Waals surface area contributed by atoms with Crippen LogP contribution < -0.4 is 15.4 Å². The second-order valence-corrected chi connectivity index (χ2v) is 7.04. The van der Waals surface area contributed by atoms with E-state index in [1.807, 2.05) is 12.1 Å². The van der Waals surface area contributed by atoms with Crippen molar-refractivity contribution in [3.05, 3.63) is 75.5 Å². The number of carbonyl (C=O) groups excluding carboxylic acids is 1. The van der Waals surface area contributed by atoms with Gasteiger partial charge >= 0.3 is 0 Å². The molecule has 0 saturated heterocycles. The Balaban J connectivity index is 1.71. The zero-order chi connectivity index (χ0) is 19.9. The summed E-state index contributed by atoms with van der Waals surface area (Å²) in [6.07, 6.45) is 4.82. The van der Waals surface area contributed by atoms with E-state index < -0.39 is 0 Å². The van der Waals surface area contributed by atoms with Gasteiger partial charge < -0.3 is 15.4 Å². The molecule has 0 aliphatic rings. The van der Waals surface area contributed by atoms with Gasteiger partial charge in [0.15, 0.2) is 5.69 Å². The maximum Gasteiger partial charge on any atom is 0.272 e. The Hall–Kier alpha value is -2.71. The van der Waals surface area contributed by atoms with Crippen LogP contribution in [0.3, 0.4) is 0 Å². The fraction of sp³-hybridized carbons (Fsp3) is 0.158. The molecule has 0 saturated carbocycles. The average molecular weight is 463 g/mol. The number of carbonyl (C=O) groups is 1.